The van der Waals surface area contributed by atoms with Crippen molar-refractivity contribution in [2.75, 3.05) is 5.01 Å². The van der Waals surface area contributed by atoms with Crippen molar-refractivity contribution in [2.45, 2.75) is 19.6 Å². The molecular formula is C11H16FN5OSi. The molecule has 1 aliphatic heterocycles. The molecule has 0 atom stereocenters. The van der Waals surface area contributed by atoms with Crippen molar-refractivity contribution in [3.63, 3.8) is 0 Å². The van der Waals surface area contributed by atoms with Gasteiger partial charge in [-0.05, 0) is 12.1 Å². The van der Waals surface area contributed by atoms with Gasteiger partial charge in [-0.3, -0.25) is 5.01 Å². The molecule has 6 nitrogen and oxygen atoms in total. The van der Waals surface area contributed by atoms with Crippen LogP contribution in [0.2, 0.25) is 19.6 Å². The maximum Gasteiger partial charge on any atom is 0.334 e. The Labute approximate surface area is 111 Å². The first-order chi connectivity index (χ1) is 8.80. The number of aromatic nitrogens is 1. The Kier molecular flexibility index (Phi) is 3.29. The maximum atomic E-state index is 13.6. The van der Waals surface area contributed by atoms with Crippen LogP contribution >= 0.6 is 0 Å². The van der Waals surface area contributed by atoms with E-state index >= 15 is 0 Å². The average molecular weight is 281 g/mol. The van der Waals surface area contributed by atoms with Crippen LogP contribution in [0, 0.1) is 5.95 Å². The molecule has 1 aliphatic rings. The lowest BCUT2D eigenvalue weighted by molar-refractivity contribution is 0.209. The maximum absolute atomic E-state index is 13.6. The number of hydrogen-bond donors (Lipinski definition) is 2. The molecule has 0 saturated heterocycles. The highest BCUT2D eigenvalue weighted by Gasteiger charge is 2.35. The number of primary amides is 1. The Morgan fingerprint density at radius 2 is 2.16 bits per heavy atom. The minimum atomic E-state index is -1.80. The molecule has 2 rings (SSSR count). The van der Waals surface area contributed by atoms with Gasteiger partial charge in [-0.2, -0.15) is 4.39 Å². The fourth-order valence-electron chi connectivity index (χ4n) is 1.75. The zero-order valence-corrected chi connectivity index (χ0v) is 12.0. The van der Waals surface area contributed by atoms with Crippen LogP contribution in [0.3, 0.4) is 0 Å². The minimum absolute atomic E-state index is 0.238. The Bertz CT molecular complexity index is 542. The molecule has 2 heterocycles. The monoisotopic (exact) mass is 281 g/mol. The molecule has 19 heavy (non-hydrogen) atoms. The number of nitrogens with one attached hydrogen (secondary N) is 1. The van der Waals surface area contributed by atoms with Crippen molar-refractivity contribution in [3.8, 4) is 0 Å². The smallest absolute Gasteiger partial charge is 0.334 e. The summed E-state index contributed by atoms with van der Waals surface area (Å²) in [5.74, 6) is -0.618. The van der Waals surface area contributed by atoms with Gasteiger partial charge in [-0.1, -0.05) is 19.6 Å². The molecule has 0 radical (unpaired) electrons. The molecule has 8 heteroatoms. The summed E-state index contributed by atoms with van der Waals surface area (Å²) in [6.07, 6.45) is 3.06. The Morgan fingerprint density at radius 3 is 2.63 bits per heavy atom. The van der Waals surface area contributed by atoms with Crippen molar-refractivity contribution in [2.24, 2.45) is 5.73 Å². The molecule has 2 amide bonds. The van der Waals surface area contributed by atoms with Gasteiger partial charge in [0.25, 0.3) is 0 Å². The summed E-state index contributed by atoms with van der Waals surface area (Å²) in [7, 11) is -1.80. The summed E-state index contributed by atoms with van der Waals surface area (Å²) in [4.78, 5) is 15.0. The first-order valence-electron chi connectivity index (χ1n) is 5.78. The molecule has 102 valence electrons. The lowest BCUT2D eigenvalue weighted by Gasteiger charge is -2.26. The van der Waals surface area contributed by atoms with Crippen LogP contribution in [0.5, 0.6) is 0 Å². The van der Waals surface area contributed by atoms with Gasteiger partial charge in [0.1, 0.15) is 13.8 Å². The molecule has 0 aromatic carbocycles. The molecule has 0 saturated carbocycles. The van der Waals surface area contributed by atoms with Crippen molar-refractivity contribution < 1.29 is 9.18 Å². The standard InChI is InChI=1S/C11H16FN5OSi/c1-19(2,3)9-7-16(15-17(9)11(13)18)8-5-4-6-14-10(8)12/h4-7,15H,1-3H3,(H2,13,18). The van der Waals surface area contributed by atoms with Crippen LogP contribution in [0.1, 0.15) is 0 Å². The van der Waals surface area contributed by atoms with Crippen LogP contribution in [0.15, 0.2) is 29.8 Å². The lowest BCUT2D eigenvalue weighted by atomic mass is 10.4. The Balaban J connectivity index is 2.39. The number of hydrazine groups is 2. The van der Waals surface area contributed by atoms with E-state index in [-0.39, 0.29) is 5.69 Å². The van der Waals surface area contributed by atoms with Crippen molar-refractivity contribution >= 4 is 19.8 Å². The molecule has 0 aliphatic carbocycles. The molecule has 0 spiro atoms. The third-order valence-electron chi connectivity index (χ3n) is 2.69. The normalized spacial score (nSPS) is 15.7. The summed E-state index contributed by atoms with van der Waals surface area (Å²) in [6, 6.07) is 2.56. The van der Waals surface area contributed by atoms with Crippen molar-refractivity contribution in [3.05, 3.63) is 35.8 Å². The van der Waals surface area contributed by atoms with E-state index in [1.54, 1.807) is 18.3 Å². The zero-order valence-electron chi connectivity index (χ0n) is 11.0. The summed E-state index contributed by atoms with van der Waals surface area (Å²) in [5, 5.41) is 3.45. The third kappa shape index (κ3) is 2.59. The first kappa shape index (κ1) is 13.5. The molecule has 1 aromatic heterocycles. The highest BCUT2D eigenvalue weighted by Crippen LogP contribution is 2.26. The number of carbonyl (C=O) groups excluding carboxylic acids is 1. The van der Waals surface area contributed by atoms with Crippen LogP contribution in [0.25, 0.3) is 0 Å². The number of urea groups is 1. The second kappa shape index (κ2) is 4.63. The average Bonchev–Trinajstić information content (AvgIpc) is 2.74. The van der Waals surface area contributed by atoms with Gasteiger partial charge in [0.15, 0.2) is 0 Å². The topological polar surface area (TPSA) is 74.5 Å². The summed E-state index contributed by atoms with van der Waals surface area (Å²) < 4.78 is 13.6. The largest absolute Gasteiger partial charge is 0.350 e. The molecule has 3 N–H and O–H groups in total. The van der Waals surface area contributed by atoms with Crippen LogP contribution in [-0.4, -0.2) is 24.1 Å². The van der Waals surface area contributed by atoms with Gasteiger partial charge in [0.2, 0.25) is 5.95 Å². The van der Waals surface area contributed by atoms with Crippen molar-refractivity contribution in [1.82, 2.24) is 15.5 Å². The van der Waals surface area contributed by atoms with Gasteiger partial charge >= 0.3 is 6.03 Å². The molecular weight excluding hydrogens is 265 g/mol. The van der Waals surface area contributed by atoms with E-state index < -0.39 is 20.1 Å². The van der Waals surface area contributed by atoms with E-state index in [9.17, 15) is 9.18 Å². The van der Waals surface area contributed by atoms with E-state index in [1.807, 2.05) is 0 Å². The number of rotatable bonds is 2. The summed E-state index contributed by atoms with van der Waals surface area (Å²) in [5.41, 5.74) is 8.33. The zero-order chi connectivity index (χ0) is 14.2. The Morgan fingerprint density at radius 1 is 1.47 bits per heavy atom. The van der Waals surface area contributed by atoms with Gasteiger partial charge in [0.05, 0.1) is 0 Å². The second-order valence-electron chi connectivity index (χ2n) is 5.22. The number of pyridine rings is 1. The van der Waals surface area contributed by atoms with E-state index in [0.29, 0.717) is 0 Å². The minimum Gasteiger partial charge on any atom is -0.350 e. The van der Waals surface area contributed by atoms with Gasteiger partial charge < -0.3 is 5.73 Å². The van der Waals surface area contributed by atoms with Gasteiger partial charge in [0, 0.05) is 17.7 Å². The number of nitrogens with zero attached hydrogens (tertiary/aromatic N) is 3. The molecule has 0 fully saturated rings. The number of anilines is 1. The van der Waals surface area contributed by atoms with E-state index in [4.69, 9.17) is 5.73 Å². The van der Waals surface area contributed by atoms with Crippen LogP contribution in [0.4, 0.5) is 14.9 Å². The predicted octanol–water partition coefficient (Wildman–Crippen LogP) is 1.56. The van der Waals surface area contributed by atoms with Crippen molar-refractivity contribution in [1.29, 1.82) is 0 Å². The van der Waals surface area contributed by atoms with Gasteiger partial charge in [-0.25, -0.2) is 14.8 Å². The quantitative estimate of drug-likeness (QED) is 0.637. The first-order valence-corrected chi connectivity index (χ1v) is 9.28. The molecule has 0 bridgehead atoms. The predicted molar refractivity (Wildman–Crippen MR) is 72.7 cm³/mol. The summed E-state index contributed by atoms with van der Waals surface area (Å²) >= 11 is 0. The summed E-state index contributed by atoms with van der Waals surface area (Å²) in [6.45, 7) is 6.21. The fourth-order valence-corrected chi connectivity index (χ4v) is 3.10. The van der Waals surface area contributed by atoms with E-state index in [2.05, 4.69) is 30.2 Å². The number of amides is 2. The van der Waals surface area contributed by atoms with E-state index in [0.717, 1.165) is 5.32 Å². The lowest BCUT2D eigenvalue weighted by Crippen LogP contribution is -2.50. The number of nitrogens with two attached hydrogens (primary N) is 1. The molecule has 1 aromatic rings. The van der Waals surface area contributed by atoms with Gasteiger partial charge in [-0.15, -0.1) is 5.53 Å². The third-order valence-corrected chi connectivity index (χ3v) is 4.58. The molecule has 0 unspecified atom stereocenters. The highest BCUT2D eigenvalue weighted by atomic mass is 28.3. The number of halogens is 1. The van der Waals surface area contributed by atoms with E-state index in [1.165, 1.54) is 16.2 Å². The fraction of sp³-hybridized carbons (Fsp3) is 0.273. The van der Waals surface area contributed by atoms with Crippen LogP contribution < -0.4 is 16.3 Å². The number of carbonyl (C=O) groups is 1. The second-order valence-corrected chi connectivity index (χ2v) is 10.2. The highest BCUT2D eigenvalue weighted by molar-refractivity contribution is 6.83. The SMILES string of the molecule is C[Si](C)(C)C1=CN(c2cccnc2F)NN1C(N)=O. The Hall–Kier alpha value is -1.93. The van der Waals surface area contributed by atoms with Crippen LogP contribution in [-0.2, 0) is 0 Å². The number of hydrogen-bond acceptors (Lipinski definition) is 4.